The molecular weight excluding hydrogens is 746 g/mol. The highest BCUT2D eigenvalue weighted by Crippen LogP contribution is 2.44. The van der Waals surface area contributed by atoms with Crippen LogP contribution in [0, 0.1) is 18.7 Å². The molecule has 0 radical (unpaired) electrons. The van der Waals surface area contributed by atoms with E-state index in [4.69, 9.17) is 0 Å². The van der Waals surface area contributed by atoms with E-state index in [9.17, 15) is 14.4 Å². The molecule has 2 N–H and O–H groups in total. The molecule has 4 aliphatic heterocycles. The quantitative estimate of drug-likeness (QED) is 0.175. The molecule has 3 aromatic carbocycles. The van der Waals surface area contributed by atoms with Crippen molar-refractivity contribution in [2.75, 3.05) is 72.9 Å². The van der Waals surface area contributed by atoms with Gasteiger partial charge in [0.1, 0.15) is 11.9 Å². The molecule has 1 atom stereocenters. The Kier molecular flexibility index (Phi) is 10.4. The molecule has 3 saturated heterocycles. The van der Waals surface area contributed by atoms with Gasteiger partial charge in [0.2, 0.25) is 11.8 Å². The second kappa shape index (κ2) is 15.8. The summed E-state index contributed by atoms with van der Waals surface area (Å²) in [5.74, 6) is -0.00376. The lowest BCUT2D eigenvalue weighted by Crippen LogP contribution is -2.47. The van der Waals surface area contributed by atoms with Crippen molar-refractivity contribution in [1.29, 1.82) is 0 Å². The van der Waals surface area contributed by atoms with Crippen LogP contribution in [0.5, 0.6) is 0 Å². The number of imide groups is 1. The minimum atomic E-state index is -0.545. The summed E-state index contributed by atoms with van der Waals surface area (Å²) in [5, 5.41) is 11.0. The van der Waals surface area contributed by atoms with Crippen LogP contribution in [0.2, 0.25) is 0 Å². The van der Waals surface area contributed by atoms with Gasteiger partial charge in [-0.2, -0.15) is 5.10 Å². The summed E-state index contributed by atoms with van der Waals surface area (Å²) in [4.78, 5) is 46.6. The van der Waals surface area contributed by atoms with Crippen molar-refractivity contribution in [3.63, 3.8) is 0 Å². The Morgan fingerprint density at radius 1 is 0.797 bits per heavy atom. The van der Waals surface area contributed by atoms with Gasteiger partial charge in [-0.05, 0) is 124 Å². The minimum Gasteiger partial charge on any atom is -0.374 e. The van der Waals surface area contributed by atoms with Crippen LogP contribution in [0.15, 0.2) is 71.8 Å². The summed E-state index contributed by atoms with van der Waals surface area (Å²) < 4.78 is 19.0. The first-order valence-corrected chi connectivity index (χ1v) is 21.1. The van der Waals surface area contributed by atoms with E-state index < -0.39 is 6.04 Å². The molecule has 3 fully saturated rings. The molecule has 0 bridgehead atoms. The van der Waals surface area contributed by atoms with Gasteiger partial charge in [-0.3, -0.25) is 24.4 Å². The van der Waals surface area contributed by atoms with Crippen molar-refractivity contribution in [2.45, 2.75) is 57.4 Å². The van der Waals surface area contributed by atoms with E-state index in [1.54, 1.807) is 6.07 Å². The zero-order chi connectivity index (χ0) is 40.9. The number of aryl methyl sites for hydroxylation is 3. The fourth-order valence-electron chi connectivity index (χ4n) is 9.79. The van der Waals surface area contributed by atoms with E-state index in [2.05, 4.69) is 85.0 Å². The highest BCUT2D eigenvalue weighted by Gasteiger charge is 2.30. The normalized spacial score (nSPS) is 19.7. The standard InChI is InChI=1S/C46H54FN9O3/c1-29-21-36-41(53(4)46(29)59)23-33(24-42(36)56-20-19-51(2)40-8-5-32(22-43(40)56)34-26-48-52(3)28-34)31-13-15-54(16-14-31)27-30-11-17-55(18-12-30)39-9-6-35(25-37(39)47)49-38-7-10-44(57)50-45(38)58/h5-6,8-9,21-26,28,30-31,38,49H,7,10-20,27H2,1-4H3,(H,50,57,58). The third-order valence-corrected chi connectivity index (χ3v) is 13.2. The van der Waals surface area contributed by atoms with Gasteiger partial charge in [-0.15, -0.1) is 0 Å². The number of hydrogen-bond acceptors (Lipinski definition) is 9. The van der Waals surface area contributed by atoms with Gasteiger partial charge in [-0.1, -0.05) is 6.07 Å². The Morgan fingerprint density at radius 3 is 2.31 bits per heavy atom. The van der Waals surface area contributed by atoms with Gasteiger partial charge in [0.25, 0.3) is 5.56 Å². The average Bonchev–Trinajstić information content (AvgIpc) is 3.68. The smallest absolute Gasteiger partial charge is 0.253 e. The average molecular weight is 800 g/mol. The Hall–Kier alpha value is -5.69. The largest absolute Gasteiger partial charge is 0.374 e. The fourth-order valence-corrected chi connectivity index (χ4v) is 9.79. The van der Waals surface area contributed by atoms with Crippen molar-refractivity contribution in [2.24, 2.45) is 20.0 Å². The number of anilines is 5. The third-order valence-electron chi connectivity index (χ3n) is 13.2. The SMILES string of the molecule is Cc1cc2c(N3CCN(C)c4ccc(-c5cnn(C)c5)cc43)cc(C3CCN(CC4CCN(c5ccc(NC6CCC(=O)NC6=O)cc5F)CC4)CC3)cc2n(C)c1=O. The molecular formula is C46H54FN9O3. The van der Waals surface area contributed by atoms with Crippen LogP contribution in [0.25, 0.3) is 22.0 Å². The maximum absolute atomic E-state index is 15.4. The summed E-state index contributed by atoms with van der Waals surface area (Å²) in [6.45, 7) is 8.32. The molecule has 59 heavy (non-hydrogen) atoms. The molecule has 0 spiro atoms. The number of amides is 2. The van der Waals surface area contributed by atoms with Crippen molar-refractivity contribution < 1.29 is 14.0 Å². The van der Waals surface area contributed by atoms with Gasteiger partial charge in [0.15, 0.2) is 0 Å². The number of carbonyl (C=O) groups is 2. The lowest BCUT2D eigenvalue weighted by Gasteiger charge is -2.39. The number of piperidine rings is 3. The minimum absolute atomic E-state index is 0.0423. The third kappa shape index (κ3) is 7.68. The predicted octanol–water partition coefficient (Wildman–Crippen LogP) is 6.29. The van der Waals surface area contributed by atoms with Gasteiger partial charge in [0, 0.05) is 88.7 Å². The Balaban J connectivity index is 0.877. The monoisotopic (exact) mass is 799 g/mol. The van der Waals surface area contributed by atoms with Crippen molar-refractivity contribution in [3.8, 4) is 11.1 Å². The van der Waals surface area contributed by atoms with E-state index in [1.807, 2.05) is 42.5 Å². The van der Waals surface area contributed by atoms with Crippen molar-refractivity contribution in [3.05, 3.63) is 94.3 Å². The molecule has 2 amide bonds. The van der Waals surface area contributed by atoms with Gasteiger partial charge in [0.05, 0.1) is 34.5 Å². The molecule has 0 aliphatic carbocycles. The molecule has 0 saturated carbocycles. The second-order valence-electron chi connectivity index (χ2n) is 17.2. The molecule has 5 aromatic rings. The number of nitrogens with zero attached hydrogens (tertiary/aromatic N) is 7. The van der Waals surface area contributed by atoms with E-state index in [-0.39, 0.29) is 29.6 Å². The summed E-state index contributed by atoms with van der Waals surface area (Å²) in [5.41, 5.74) is 9.90. The lowest BCUT2D eigenvalue weighted by atomic mass is 9.87. The number of rotatable bonds is 8. The van der Waals surface area contributed by atoms with Crippen LogP contribution >= 0.6 is 0 Å². The van der Waals surface area contributed by atoms with Crippen molar-refractivity contribution in [1.82, 2.24) is 24.6 Å². The summed E-state index contributed by atoms with van der Waals surface area (Å²) in [6, 6.07) is 18.0. The number of likely N-dealkylation sites (N-methyl/N-ethyl adjacent to an activating group) is 1. The van der Waals surface area contributed by atoms with E-state index in [0.717, 1.165) is 110 Å². The Morgan fingerprint density at radius 2 is 1.58 bits per heavy atom. The zero-order valence-electron chi connectivity index (χ0n) is 34.5. The van der Waals surface area contributed by atoms with Gasteiger partial charge in [-0.25, -0.2) is 4.39 Å². The first-order valence-electron chi connectivity index (χ1n) is 21.1. The number of nitrogens with one attached hydrogen (secondary N) is 2. The van der Waals surface area contributed by atoms with Crippen LogP contribution in [-0.4, -0.2) is 90.0 Å². The number of aromatic nitrogens is 3. The number of benzene rings is 3. The van der Waals surface area contributed by atoms with E-state index >= 15 is 4.39 Å². The van der Waals surface area contributed by atoms with Crippen LogP contribution < -0.4 is 30.9 Å². The van der Waals surface area contributed by atoms with Crippen LogP contribution in [-0.2, 0) is 23.7 Å². The molecule has 2 aromatic heterocycles. The highest BCUT2D eigenvalue weighted by atomic mass is 19.1. The maximum atomic E-state index is 15.4. The highest BCUT2D eigenvalue weighted by molar-refractivity contribution is 6.01. The number of hydrogen-bond donors (Lipinski definition) is 2. The summed E-state index contributed by atoms with van der Waals surface area (Å²) in [7, 11) is 6.01. The van der Waals surface area contributed by atoms with Crippen molar-refractivity contribution >= 4 is 51.2 Å². The zero-order valence-corrected chi connectivity index (χ0v) is 34.5. The first kappa shape index (κ1) is 38.8. The molecule has 308 valence electrons. The van der Waals surface area contributed by atoms with E-state index in [0.29, 0.717) is 29.6 Å². The number of likely N-dealkylation sites (tertiary alicyclic amines) is 1. The molecule has 12 nitrogen and oxygen atoms in total. The van der Waals surface area contributed by atoms with Gasteiger partial charge >= 0.3 is 0 Å². The number of carbonyl (C=O) groups excluding carboxylic acids is 2. The van der Waals surface area contributed by atoms with Crippen LogP contribution in [0.1, 0.15) is 55.6 Å². The number of fused-ring (bicyclic) bond motifs is 2. The molecule has 4 aliphatic rings. The van der Waals surface area contributed by atoms with E-state index in [1.165, 1.54) is 17.3 Å². The Bertz CT molecular complexity index is 2480. The molecule has 6 heterocycles. The van der Waals surface area contributed by atoms with Crippen LogP contribution in [0.3, 0.4) is 0 Å². The van der Waals surface area contributed by atoms with Gasteiger partial charge < -0.3 is 29.5 Å². The second-order valence-corrected chi connectivity index (χ2v) is 17.2. The molecule has 13 heteroatoms. The number of pyridine rings is 1. The molecule has 9 rings (SSSR count). The lowest BCUT2D eigenvalue weighted by molar-refractivity contribution is -0.133. The number of halogens is 1. The van der Waals surface area contributed by atoms with Crippen LogP contribution in [0.4, 0.5) is 32.8 Å². The maximum Gasteiger partial charge on any atom is 0.253 e. The predicted molar refractivity (Wildman–Crippen MR) is 232 cm³/mol. The first-order chi connectivity index (χ1) is 28.5. The topological polar surface area (TPSA) is 111 Å². The fraction of sp³-hybridized carbons (Fsp3) is 0.435. The summed E-state index contributed by atoms with van der Waals surface area (Å²) >= 11 is 0. The molecule has 1 unspecified atom stereocenters. The Labute approximate surface area is 344 Å². The summed E-state index contributed by atoms with van der Waals surface area (Å²) in [6.07, 6.45) is 8.76.